The molecule has 0 spiro atoms. The molecule has 3 aliphatic rings. The van der Waals surface area contributed by atoms with Crippen LogP contribution in [-0.2, 0) is 17.6 Å². The lowest BCUT2D eigenvalue weighted by Gasteiger charge is -2.39. The van der Waals surface area contributed by atoms with Gasteiger partial charge in [0.15, 0.2) is 5.65 Å². The molecule has 2 aliphatic heterocycles. The third-order valence-electron chi connectivity index (χ3n) is 8.81. The van der Waals surface area contributed by atoms with Gasteiger partial charge in [0.25, 0.3) is 0 Å². The first-order chi connectivity index (χ1) is 20.1. The molecule has 2 atom stereocenters. The van der Waals surface area contributed by atoms with E-state index in [9.17, 15) is 4.79 Å². The van der Waals surface area contributed by atoms with Crippen molar-refractivity contribution >= 4 is 22.8 Å². The van der Waals surface area contributed by atoms with Gasteiger partial charge in [0.05, 0.1) is 11.1 Å². The van der Waals surface area contributed by atoms with Crippen LogP contribution in [0.2, 0.25) is 0 Å². The fraction of sp³-hybridized carbons (Fsp3) is 0.469. The summed E-state index contributed by atoms with van der Waals surface area (Å²) in [6, 6.07) is 11.1. The Bertz CT molecular complexity index is 1500. The van der Waals surface area contributed by atoms with Gasteiger partial charge in [-0.2, -0.15) is 9.97 Å². The lowest BCUT2D eigenvalue weighted by molar-refractivity contribution is -0.128. The van der Waals surface area contributed by atoms with E-state index in [1.807, 2.05) is 0 Å². The highest BCUT2D eigenvalue weighted by molar-refractivity contribution is 5.90. The van der Waals surface area contributed by atoms with Gasteiger partial charge in [0.1, 0.15) is 18.5 Å². The summed E-state index contributed by atoms with van der Waals surface area (Å²) < 4.78 is 6.23. The highest BCUT2D eigenvalue weighted by Crippen LogP contribution is 2.34. The van der Waals surface area contributed by atoms with Crippen LogP contribution < -0.4 is 9.64 Å². The maximum atomic E-state index is 12.5. The Hall–Kier alpha value is -4.03. The number of carbonyl (C=O) groups excluding carboxylic acids is 1. The zero-order chi connectivity index (χ0) is 28.3. The standard InChI is InChI=1S/C32H37N7O2/c1-4-29(40)39-18-17-38(20-24(39)19-33-2)31-27-14-15-28(26-13-7-10-22-9-5-6-12-25(22)26)34-30(27)35-32(36-31)41-21-23-11-8-16-37(23)3/h4,7,10,13-15,23-24H,1,5-6,8-9,11-12,16-21H2,3H3/t23-,24-/m0/s1. The molecule has 3 aromatic rings. The van der Waals surface area contributed by atoms with Crippen molar-refractivity contribution in [2.45, 2.75) is 50.6 Å². The lowest BCUT2D eigenvalue weighted by Crippen LogP contribution is -2.56. The Morgan fingerprint density at radius 2 is 1.98 bits per heavy atom. The molecule has 1 aliphatic carbocycles. The Kier molecular flexibility index (Phi) is 7.84. The minimum Gasteiger partial charge on any atom is -0.462 e. The summed E-state index contributed by atoms with van der Waals surface area (Å²) in [7, 11) is 2.13. The maximum Gasteiger partial charge on any atom is 0.320 e. The van der Waals surface area contributed by atoms with Crippen molar-refractivity contribution < 1.29 is 9.53 Å². The first kappa shape index (κ1) is 27.2. The second-order valence-electron chi connectivity index (χ2n) is 11.3. The van der Waals surface area contributed by atoms with Crippen molar-refractivity contribution in [1.82, 2.24) is 24.8 Å². The quantitative estimate of drug-likeness (QED) is 0.322. The van der Waals surface area contributed by atoms with Crippen LogP contribution in [0.4, 0.5) is 5.82 Å². The van der Waals surface area contributed by atoms with Crippen molar-refractivity contribution in [2.75, 3.05) is 51.3 Å². The van der Waals surface area contributed by atoms with E-state index in [4.69, 9.17) is 26.3 Å². The smallest absolute Gasteiger partial charge is 0.320 e. The first-order valence-electron chi connectivity index (χ1n) is 14.7. The number of aromatic nitrogens is 3. The average Bonchev–Trinajstić information content (AvgIpc) is 3.43. The second-order valence-corrected chi connectivity index (χ2v) is 11.3. The zero-order valence-electron chi connectivity index (χ0n) is 23.8. The van der Waals surface area contributed by atoms with Crippen molar-refractivity contribution in [3.8, 4) is 17.3 Å². The van der Waals surface area contributed by atoms with Crippen LogP contribution in [0, 0.1) is 6.57 Å². The number of carbonyl (C=O) groups is 1. The van der Waals surface area contributed by atoms with Gasteiger partial charge >= 0.3 is 6.01 Å². The number of rotatable bonds is 7. The van der Waals surface area contributed by atoms with Gasteiger partial charge in [-0.1, -0.05) is 24.8 Å². The van der Waals surface area contributed by atoms with Crippen LogP contribution in [0.1, 0.15) is 36.8 Å². The number of ether oxygens (including phenoxy) is 1. The summed E-state index contributed by atoms with van der Waals surface area (Å²) in [4.78, 5) is 37.1. The number of aryl methyl sites for hydroxylation is 1. The number of nitrogens with zero attached hydrogens (tertiary/aromatic N) is 7. The minimum absolute atomic E-state index is 0.145. The van der Waals surface area contributed by atoms with Gasteiger partial charge in [0.2, 0.25) is 12.5 Å². The Morgan fingerprint density at radius 3 is 2.78 bits per heavy atom. The molecule has 0 unspecified atom stereocenters. The molecule has 1 amide bonds. The lowest BCUT2D eigenvalue weighted by atomic mass is 9.87. The van der Waals surface area contributed by atoms with E-state index in [1.165, 1.54) is 35.6 Å². The Labute approximate surface area is 241 Å². The van der Waals surface area contributed by atoms with Gasteiger partial charge < -0.3 is 24.3 Å². The molecule has 212 valence electrons. The molecule has 6 rings (SSSR count). The monoisotopic (exact) mass is 551 g/mol. The van der Waals surface area contributed by atoms with E-state index in [0.717, 1.165) is 49.1 Å². The molecule has 9 heteroatoms. The van der Waals surface area contributed by atoms with Crippen LogP contribution >= 0.6 is 0 Å². The van der Waals surface area contributed by atoms with Crippen LogP contribution in [0.3, 0.4) is 0 Å². The molecule has 0 saturated carbocycles. The van der Waals surface area contributed by atoms with Gasteiger partial charge in [-0.05, 0) is 81.5 Å². The predicted octanol–water partition coefficient (Wildman–Crippen LogP) is 4.17. The number of benzene rings is 1. The fourth-order valence-corrected chi connectivity index (χ4v) is 6.53. The van der Waals surface area contributed by atoms with Gasteiger partial charge in [-0.3, -0.25) is 4.79 Å². The van der Waals surface area contributed by atoms with Gasteiger partial charge in [0, 0.05) is 31.2 Å². The number of likely N-dealkylation sites (tertiary alicyclic amines) is 1. The number of pyridine rings is 1. The fourth-order valence-electron chi connectivity index (χ4n) is 6.53. The number of hydrogen-bond donors (Lipinski definition) is 0. The molecule has 41 heavy (non-hydrogen) atoms. The molecule has 2 fully saturated rings. The number of likely N-dealkylation sites (N-methyl/N-ethyl adjacent to an activating group) is 1. The summed E-state index contributed by atoms with van der Waals surface area (Å²) in [5.41, 5.74) is 5.50. The molecular weight excluding hydrogens is 514 g/mol. The van der Waals surface area contributed by atoms with Crippen molar-refractivity contribution in [1.29, 1.82) is 0 Å². The molecule has 0 N–H and O–H groups in total. The normalized spacial score (nSPS) is 21.0. The van der Waals surface area contributed by atoms with E-state index >= 15 is 0 Å². The topological polar surface area (TPSA) is 79.1 Å². The highest BCUT2D eigenvalue weighted by atomic mass is 16.5. The zero-order valence-corrected chi connectivity index (χ0v) is 23.8. The summed E-state index contributed by atoms with van der Waals surface area (Å²) in [5, 5.41) is 0.842. The average molecular weight is 552 g/mol. The van der Waals surface area contributed by atoms with Gasteiger partial charge in [-0.15, -0.1) is 0 Å². The molecule has 1 aromatic carbocycles. The SMILES string of the molecule is [C-]#[N+]C[C@H]1CN(c2nc(OC[C@@H]3CCCN3C)nc3nc(-c4cccc5c4CCCC5)ccc23)CCN1C(=O)C=C. The van der Waals surface area contributed by atoms with Crippen LogP contribution in [0.5, 0.6) is 6.01 Å². The van der Waals surface area contributed by atoms with Crippen LogP contribution in [0.15, 0.2) is 43.0 Å². The molecule has 0 bridgehead atoms. The van der Waals surface area contributed by atoms with E-state index in [1.54, 1.807) is 4.90 Å². The number of piperazine rings is 1. The van der Waals surface area contributed by atoms with Crippen LogP contribution in [0.25, 0.3) is 27.1 Å². The molecular formula is C32H37N7O2. The largest absolute Gasteiger partial charge is 0.462 e. The van der Waals surface area contributed by atoms with E-state index in [-0.39, 0.29) is 18.5 Å². The Balaban J connectivity index is 1.38. The third kappa shape index (κ3) is 5.49. The summed E-state index contributed by atoms with van der Waals surface area (Å²) in [6.07, 6.45) is 8.20. The van der Waals surface area contributed by atoms with Gasteiger partial charge in [-0.25, -0.2) is 11.6 Å². The third-order valence-corrected chi connectivity index (χ3v) is 8.81. The number of hydrogen-bond acceptors (Lipinski definition) is 7. The highest BCUT2D eigenvalue weighted by Gasteiger charge is 2.33. The second kappa shape index (κ2) is 11.8. The van der Waals surface area contributed by atoms with Crippen molar-refractivity contribution in [3.63, 3.8) is 0 Å². The summed E-state index contributed by atoms with van der Waals surface area (Å²) in [5.74, 6) is 0.590. The predicted molar refractivity (Wildman–Crippen MR) is 160 cm³/mol. The number of fused-ring (bicyclic) bond motifs is 2. The van der Waals surface area contributed by atoms with E-state index in [2.05, 4.69) is 58.6 Å². The van der Waals surface area contributed by atoms with E-state index in [0.29, 0.717) is 43.9 Å². The number of anilines is 1. The molecule has 2 aromatic heterocycles. The van der Waals surface area contributed by atoms with E-state index < -0.39 is 0 Å². The molecule has 4 heterocycles. The van der Waals surface area contributed by atoms with Crippen LogP contribution in [-0.4, -0.2) is 89.1 Å². The minimum atomic E-state index is -0.253. The molecule has 9 nitrogen and oxygen atoms in total. The maximum absolute atomic E-state index is 12.5. The molecule has 0 radical (unpaired) electrons. The Morgan fingerprint density at radius 1 is 1.10 bits per heavy atom. The van der Waals surface area contributed by atoms with Crippen molar-refractivity contribution in [3.05, 3.63) is 65.5 Å². The van der Waals surface area contributed by atoms with Crippen molar-refractivity contribution in [2.24, 2.45) is 0 Å². The summed E-state index contributed by atoms with van der Waals surface area (Å²) >= 11 is 0. The first-order valence-corrected chi connectivity index (χ1v) is 14.7. The number of amides is 1. The molecule has 2 saturated heterocycles. The summed E-state index contributed by atoms with van der Waals surface area (Å²) in [6.45, 7) is 14.5.